The van der Waals surface area contributed by atoms with Crippen LogP contribution in [0.3, 0.4) is 0 Å². The molecule has 4 nitrogen and oxygen atoms in total. The maximum Gasteiger partial charge on any atom is 0.374 e. The van der Waals surface area contributed by atoms with Crippen LogP contribution in [-0.2, 0) is 0 Å². The number of hydrogen-bond donors (Lipinski definition) is 1. The lowest BCUT2D eigenvalue weighted by molar-refractivity contribution is 0.0512. The van der Waals surface area contributed by atoms with Crippen molar-refractivity contribution in [1.82, 2.24) is 9.42 Å². The molecule has 1 aromatic rings. The lowest BCUT2D eigenvalue weighted by Crippen LogP contribution is -2.42. The summed E-state index contributed by atoms with van der Waals surface area (Å²) in [6, 6.07) is 10.2. The maximum absolute atomic E-state index is 11.5. The summed E-state index contributed by atoms with van der Waals surface area (Å²) in [6.07, 6.45) is 3.60. The molecule has 1 aromatic carbocycles. The van der Waals surface area contributed by atoms with Crippen LogP contribution < -0.4 is 0 Å². The van der Waals surface area contributed by atoms with Crippen molar-refractivity contribution in [1.29, 1.82) is 0 Å². The minimum Gasteiger partial charge on any atom is -0.473 e. The molecule has 1 fully saturated rings. The fraction of sp³-hybridized carbons (Fsp3) is 0.467. The van der Waals surface area contributed by atoms with E-state index in [0.717, 1.165) is 19.6 Å². The molecule has 20 heavy (non-hydrogen) atoms. The zero-order valence-electron chi connectivity index (χ0n) is 11.4. The summed E-state index contributed by atoms with van der Waals surface area (Å²) in [6.45, 7) is 2.78. The van der Waals surface area contributed by atoms with Gasteiger partial charge in [-0.05, 0) is 23.8 Å². The lowest BCUT2D eigenvalue weighted by Gasteiger charge is -2.35. The van der Waals surface area contributed by atoms with Crippen LogP contribution in [0.4, 0.5) is 4.79 Å². The fourth-order valence-electron chi connectivity index (χ4n) is 2.89. The third kappa shape index (κ3) is 2.80. The van der Waals surface area contributed by atoms with E-state index in [-0.39, 0.29) is 5.92 Å². The molecule has 0 saturated carbocycles. The van der Waals surface area contributed by atoms with Crippen molar-refractivity contribution in [3.63, 3.8) is 0 Å². The predicted molar refractivity (Wildman–Crippen MR) is 83.0 cm³/mol. The Morgan fingerprint density at radius 1 is 1.15 bits per heavy atom. The first kappa shape index (κ1) is 13.8. The largest absolute Gasteiger partial charge is 0.473 e. The number of piperidine rings is 1. The second-order valence-corrected chi connectivity index (χ2v) is 6.95. The van der Waals surface area contributed by atoms with Gasteiger partial charge in [0.2, 0.25) is 0 Å². The summed E-state index contributed by atoms with van der Waals surface area (Å²) in [4.78, 5) is 11.5. The van der Waals surface area contributed by atoms with E-state index in [0.29, 0.717) is 0 Å². The molecule has 3 rings (SSSR count). The summed E-state index contributed by atoms with van der Waals surface area (Å²) in [5, 5.41) is 13.0. The number of hydrazine groups is 1. The van der Waals surface area contributed by atoms with Crippen molar-refractivity contribution >= 4 is 21.3 Å². The fourth-order valence-corrected chi connectivity index (χ4v) is 4.62. The second kappa shape index (κ2) is 6.08. The first-order valence-electron chi connectivity index (χ1n) is 7.14. The molecule has 5 heteroatoms. The quantitative estimate of drug-likeness (QED) is 0.850. The van der Waals surface area contributed by atoms with Crippen molar-refractivity contribution in [2.75, 3.05) is 19.6 Å². The SMILES string of the molecule is O=C(O)S1=CC(c2ccccc2)CN1N1CCCCC1. The van der Waals surface area contributed by atoms with Gasteiger partial charge in [0.25, 0.3) is 0 Å². The van der Waals surface area contributed by atoms with Gasteiger partial charge in [-0.1, -0.05) is 36.8 Å². The molecule has 0 amide bonds. The molecule has 0 radical (unpaired) electrons. The Balaban J connectivity index is 1.82. The molecule has 0 aliphatic carbocycles. The van der Waals surface area contributed by atoms with Crippen LogP contribution in [0.2, 0.25) is 0 Å². The zero-order valence-corrected chi connectivity index (χ0v) is 12.3. The molecular formula is C15H20N2O2S. The van der Waals surface area contributed by atoms with Crippen molar-refractivity contribution in [2.24, 2.45) is 0 Å². The molecule has 2 unspecified atom stereocenters. The molecule has 0 bridgehead atoms. The van der Waals surface area contributed by atoms with Gasteiger partial charge >= 0.3 is 5.30 Å². The van der Waals surface area contributed by atoms with Gasteiger partial charge in [-0.15, -0.1) is 0 Å². The summed E-state index contributed by atoms with van der Waals surface area (Å²) >= 11 is 0. The normalized spacial score (nSPS) is 28.2. The highest BCUT2D eigenvalue weighted by molar-refractivity contribution is 8.25. The number of nitrogens with zero attached hydrogens (tertiary/aromatic N) is 2. The summed E-state index contributed by atoms with van der Waals surface area (Å²) in [7, 11) is -0.794. The highest BCUT2D eigenvalue weighted by Gasteiger charge is 2.32. The van der Waals surface area contributed by atoms with E-state index in [4.69, 9.17) is 0 Å². The van der Waals surface area contributed by atoms with Gasteiger partial charge in [0.1, 0.15) is 0 Å². The van der Waals surface area contributed by atoms with E-state index in [2.05, 4.69) is 21.6 Å². The van der Waals surface area contributed by atoms with E-state index >= 15 is 0 Å². The van der Waals surface area contributed by atoms with Crippen LogP contribution in [0, 0.1) is 0 Å². The van der Waals surface area contributed by atoms with E-state index in [1.54, 1.807) is 0 Å². The van der Waals surface area contributed by atoms with E-state index in [1.807, 2.05) is 23.6 Å². The van der Waals surface area contributed by atoms with Gasteiger partial charge in [0.15, 0.2) is 0 Å². The van der Waals surface area contributed by atoms with Gasteiger partial charge in [-0.2, -0.15) is 4.41 Å². The van der Waals surface area contributed by atoms with Crippen molar-refractivity contribution < 1.29 is 9.90 Å². The number of carbonyl (C=O) groups is 1. The molecule has 2 aliphatic rings. The lowest BCUT2D eigenvalue weighted by atomic mass is 10.0. The van der Waals surface area contributed by atoms with Crippen molar-refractivity contribution in [3.05, 3.63) is 35.9 Å². The highest BCUT2D eigenvalue weighted by atomic mass is 32.2. The van der Waals surface area contributed by atoms with Crippen molar-refractivity contribution in [3.8, 4) is 0 Å². The highest BCUT2D eigenvalue weighted by Crippen LogP contribution is 2.36. The number of rotatable bonds is 2. The van der Waals surface area contributed by atoms with Crippen LogP contribution in [0.15, 0.2) is 30.3 Å². The minimum absolute atomic E-state index is 0.220. The smallest absolute Gasteiger partial charge is 0.374 e. The summed E-state index contributed by atoms with van der Waals surface area (Å²) in [5.41, 5.74) is 1.21. The molecule has 1 saturated heterocycles. The van der Waals surface area contributed by atoms with E-state index in [1.165, 1.54) is 24.8 Å². The Kier molecular flexibility index (Phi) is 4.19. The standard InChI is InChI=1S/C15H20N2O2S/c18-15(19)20-12-14(13-7-3-1-4-8-13)11-17(20)16-9-5-2-6-10-16/h1,3-4,7-8,12,14H,2,5-6,9-11H2,(H,18,19). The van der Waals surface area contributed by atoms with Gasteiger partial charge < -0.3 is 5.11 Å². The van der Waals surface area contributed by atoms with Gasteiger partial charge in [-0.25, -0.2) is 9.80 Å². The Morgan fingerprint density at radius 2 is 1.85 bits per heavy atom. The average molecular weight is 292 g/mol. The van der Waals surface area contributed by atoms with E-state index < -0.39 is 16.0 Å². The summed E-state index contributed by atoms with van der Waals surface area (Å²) in [5.74, 6) is 0.220. The Labute approximate surface area is 122 Å². The Bertz CT molecular complexity index is 512. The maximum atomic E-state index is 11.5. The molecule has 108 valence electrons. The van der Waals surface area contributed by atoms with Gasteiger partial charge in [0.05, 0.1) is 0 Å². The first-order valence-corrected chi connectivity index (χ1v) is 8.38. The predicted octanol–water partition coefficient (Wildman–Crippen LogP) is 3.15. The van der Waals surface area contributed by atoms with Crippen LogP contribution in [0.1, 0.15) is 30.7 Å². The first-order chi connectivity index (χ1) is 9.75. The minimum atomic E-state index is -0.794. The van der Waals surface area contributed by atoms with Gasteiger partial charge in [0, 0.05) is 36.2 Å². The van der Waals surface area contributed by atoms with Crippen LogP contribution >= 0.6 is 10.7 Å². The second-order valence-electron chi connectivity index (χ2n) is 5.28. The average Bonchev–Trinajstić information content (AvgIpc) is 2.94. The van der Waals surface area contributed by atoms with Crippen molar-refractivity contribution in [2.45, 2.75) is 25.2 Å². The number of carboxylic acid groups (broad SMARTS) is 1. The molecule has 2 heterocycles. The van der Waals surface area contributed by atoms with Gasteiger partial charge in [-0.3, -0.25) is 0 Å². The Hall–Kier alpha value is -1.17. The molecule has 2 aliphatic heterocycles. The molecule has 0 aromatic heterocycles. The Morgan fingerprint density at radius 3 is 2.50 bits per heavy atom. The number of hydrogen-bond acceptors (Lipinski definition) is 3. The van der Waals surface area contributed by atoms with Crippen LogP contribution in [0.25, 0.3) is 0 Å². The van der Waals surface area contributed by atoms with E-state index in [9.17, 15) is 9.90 Å². The molecule has 1 N–H and O–H groups in total. The molecule has 2 atom stereocenters. The third-order valence-corrected chi connectivity index (χ3v) is 5.71. The third-order valence-electron chi connectivity index (χ3n) is 3.93. The molecular weight excluding hydrogens is 272 g/mol. The molecule has 0 spiro atoms. The monoisotopic (exact) mass is 292 g/mol. The summed E-state index contributed by atoms with van der Waals surface area (Å²) < 4.78 is 2.08. The van der Waals surface area contributed by atoms with Crippen LogP contribution in [-0.4, -0.2) is 44.8 Å². The zero-order chi connectivity index (χ0) is 13.9. The number of benzene rings is 1. The van der Waals surface area contributed by atoms with Crippen LogP contribution in [0.5, 0.6) is 0 Å². The topological polar surface area (TPSA) is 43.8 Å².